The Kier molecular flexibility index (Phi) is 3.57. The zero-order valence-electron chi connectivity index (χ0n) is 12.5. The summed E-state index contributed by atoms with van der Waals surface area (Å²) in [7, 11) is 0. The third-order valence-corrected chi connectivity index (χ3v) is 3.58. The molecule has 106 valence electrons. The normalized spacial score (nSPS) is 10.7. The van der Waals surface area contributed by atoms with Gasteiger partial charge in [0.05, 0.1) is 5.56 Å². The molecule has 2 rings (SSSR count). The minimum absolute atomic E-state index is 0.146. The number of amides is 1. The molecule has 0 bridgehead atoms. The molecule has 0 unspecified atom stereocenters. The topological polar surface area (TPSA) is 68.3 Å². The summed E-state index contributed by atoms with van der Waals surface area (Å²) in [4.78, 5) is 12.5. The van der Waals surface area contributed by atoms with Crippen LogP contribution >= 0.6 is 0 Å². The first-order chi connectivity index (χ1) is 9.31. The van der Waals surface area contributed by atoms with Crippen LogP contribution in [0.2, 0.25) is 0 Å². The van der Waals surface area contributed by atoms with Gasteiger partial charge in [-0.3, -0.25) is 4.79 Å². The van der Waals surface area contributed by atoms with Gasteiger partial charge in [0.1, 0.15) is 11.5 Å². The fraction of sp³-hybridized carbons (Fsp3) is 0.312. The van der Waals surface area contributed by atoms with Gasteiger partial charge in [0.25, 0.3) is 5.91 Å². The van der Waals surface area contributed by atoms with Crippen LogP contribution in [0, 0.1) is 34.6 Å². The number of nitrogen functional groups attached to an aromatic ring is 1. The molecule has 1 heterocycles. The van der Waals surface area contributed by atoms with E-state index in [1.165, 1.54) is 0 Å². The lowest BCUT2D eigenvalue weighted by molar-refractivity contribution is 0.102. The van der Waals surface area contributed by atoms with Crippen molar-refractivity contribution in [1.29, 1.82) is 0 Å². The maximum Gasteiger partial charge on any atom is 0.259 e. The largest absolute Gasteiger partial charge is 0.466 e. The van der Waals surface area contributed by atoms with E-state index < -0.39 is 0 Å². The Morgan fingerprint density at radius 3 is 2.05 bits per heavy atom. The second-order valence-electron chi connectivity index (χ2n) is 5.20. The number of nitrogens with two attached hydrogens (primary N) is 1. The Hall–Kier alpha value is -2.23. The van der Waals surface area contributed by atoms with Gasteiger partial charge in [0.2, 0.25) is 0 Å². The second kappa shape index (κ2) is 5.04. The standard InChI is InChI=1S/C16H20N2O2/c1-8-6-13(17)7-9(2)15(8)18-16(19)14-10(3)11(4)20-12(14)5/h6-7H,17H2,1-5H3,(H,18,19). The molecular formula is C16H20N2O2. The molecule has 0 radical (unpaired) electrons. The summed E-state index contributed by atoms with van der Waals surface area (Å²) in [6.07, 6.45) is 0. The smallest absolute Gasteiger partial charge is 0.259 e. The Morgan fingerprint density at radius 2 is 1.60 bits per heavy atom. The molecule has 4 heteroatoms. The van der Waals surface area contributed by atoms with Crippen LogP contribution in [0.15, 0.2) is 16.5 Å². The Bertz CT molecular complexity index is 661. The molecule has 0 spiro atoms. The van der Waals surface area contributed by atoms with E-state index in [1.807, 2.05) is 39.8 Å². The quantitative estimate of drug-likeness (QED) is 0.820. The number of carbonyl (C=O) groups excluding carboxylic acids is 1. The third kappa shape index (κ3) is 2.41. The van der Waals surface area contributed by atoms with Crippen molar-refractivity contribution in [2.24, 2.45) is 0 Å². The molecular weight excluding hydrogens is 252 g/mol. The van der Waals surface area contributed by atoms with Crippen molar-refractivity contribution >= 4 is 17.3 Å². The van der Waals surface area contributed by atoms with Crippen LogP contribution in [-0.4, -0.2) is 5.91 Å². The summed E-state index contributed by atoms with van der Waals surface area (Å²) in [5, 5.41) is 2.96. The van der Waals surface area contributed by atoms with E-state index in [-0.39, 0.29) is 5.91 Å². The van der Waals surface area contributed by atoms with Crippen molar-refractivity contribution in [2.75, 3.05) is 11.1 Å². The highest BCUT2D eigenvalue weighted by Crippen LogP contribution is 2.26. The molecule has 0 aliphatic carbocycles. The van der Waals surface area contributed by atoms with Gasteiger partial charge in [-0.05, 0) is 57.9 Å². The average Bonchev–Trinajstić information content (AvgIpc) is 2.58. The van der Waals surface area contributed by atoms with E-state index >= 15 is 0 Å². The van der Waals surface area contributed by atoms with Crippen molar-refractivity contribution in [1.82, 2.24) is 0 Å². The van der Waals surface area contributed by atoms with E-state index in [0.717, 1.165) is 28.1 Å². The van der Waals surface area contributed by atoms with E-state index in [1.54, 1.807) is 6.92 Å². The number of carbonyl (C=O) groups is 1. The van der Waals surface area contributed by atoms with Crippen LogP contribution in [0.3, 0.4) is 0 Å². The maximum absolute atomic E-state index is 12.5. The monoisotopic (exact) mass is 272 g/mol. The maximum atomic E-state index is 12.5. The van der Waals surface area contributed by atoms with Crippen molar-refractivity contribution in [3.8, 4) is 0 Å². The number of furan rings is 1. The van der Waals surface area contributed by atoms with Gasteiger partial charge in [-0.2, -0.15) is 0 Å². The first-order valence-corrected chi connectivity index (χ1v) is 6.56. The van der Waals surface area contributed by atoms with Crippen LogP contribution < -0.4 is 11.1 Å². The van der Waals surface area contributed by atoms with Crippen molar-refractivity contribution in [2.45, 2.75) is 34.6 Å². The molecule has 1 aromatic carbocycles. The number of aryl methyl sites for hydroxylation is 4. The summed E-state index contributed by atoms with van der Waals surface area (Å²) in [6.45, 7) is 9.42. The number of hydrogen-bond acceptors (Lipinski definition) is 3. The lowest BCUT2D eigenvalue weighted by Gasteiger charge is -2.12. The summed E-state index contributed by atoms with van der Waals surface area (Å²) in [5.41, 5.74) is 10.7. The molecule has 0 aliphatic rings. The predicted molar refractivity (Wildman–Crippen MR) is 81.2 cm³/mol. The van der Waals surface area contributed by atoms with Crippen LogP contribution in [0.1, 0.15) is 38.6 Å². The highest BCUT2D eigenvalue weighted by Gasteiger charge is 2.19. The summed E-state index contributed by atoms with van der Waals surface area (Å²) >= 11 is 0. The molecule has 4 nitrogen and oxygen atoms in total. The first-order valence-electron chi connectivity index (χ1n) is 6.56. The summed E-state index contributed by atoms with van der Waals surface area (Å²) in [6, 6.07) is 3.70. The SMILES string of the molecule is Cc1cc(N)cc(C)c1NC(=O)c1c(C)oc(C)c1C. The van der Waals surface area contributed by atoms with E-state index in [4.69, 9.17) is 10.2 Å². The number of benzene rings is 1. The lowest BCUT2D eigenvalue weighted by Crippen LogP contribution is -2.15. The molecule has 0 fully saturated rings. The fourth-order valence-corrected chi connectivity index (χ4v) is 2.50. The number of anilines is 2. The Morgan fingerprint density at radius 1 is 1.05 bits per heavy atom. The van der Waals surface area contributed by atoms with Gasteiger partial charge < -0.3 is 15.5 Å². The first kappa shape index (κ1) is 14.2. The highest BCUT2D eigenvalue weighted by atomic mass is 16.3. The Labute approximate surface area is 119 Å². The van der Waals surface area contributed by atoms with Gasteiger partial charge in [-0.1, -0.05) is 0 Å². The fourth-order valence-electron chi connectivity index (χ4n) is 2.50. The molecule has 0 saturated carbocycles. The molecule has 0 saturated heterocycles. The minimum Gasteiger partial charge on any atom is -0.466 e. The van der Waals surface area contributed by atoms with Crippen LogP contribution in [-0.2, 0) is 0 Å². The van der Waals surface area contributed by atoms with Gasteiger partial charge in [-0.25, -0.2) is 0 Å². The van der Waals surface area contributed by atoms with Crippen molar-refractivity contribution < 1.29 is 9.21 Å². The predicted octanol–water partition coefficient (Wildman–Crippen LogP) is 3.66. The minimum atomic E-state index is -0.146. The van der Waals surface area contributed by atoms with Gasteiger partial charge in [0.15, 0.2) is 0 Å². The zero-order valence-corrected chi connectivity index (χ0v) is 12.5. The molecule has 1 amide bonds. The van der Waals surface area contributed by atoms with E-state index in [9.17, 15) is 4.79 Å². The number of nitrogens with one attached hydrogen (secondary N) is 1. The van der Waals surface area contributed by atoms with Crippen molar-refractivity contribution in [3.63, 3.8) is 0 Å². The highest BCUT2D eigenvalue weighted by molar-refractivity contribution is 6.07. The van der Waals surface area contributed by atoms with Gasteiger partial charge in [-0.15, -0.1) is 0 Å². The second-order valence-corrected chi connectivity index (χ2v) is 5.20. The molecule has 2 aromatic rings. The zero-order chi connectivity index (χ0) is 15.0. The number of hydrogen-bond donors (Lipinski definition) is 2. The van der Waals surface area contributed by atoms with Gasteiger partial charge in [0, 0.05) is 16.9 Å². The van der Waals surface area contributed by atoms with Crippen LogP contribution in [0.25, 0.3) is 0 Å². The molecule has 3 N–H and O–H groups in total. The van der Waals surface area contributed by atoms with Crippen molar-refractivity contribution in [3.05, 3.63) is 45.9 Å². The summed E-state index contributed by atoms with van der Waals surface area (Å²) in [5.74, 6) is 1.27. The summed E-state index contributed by atoms with van der Waals surface area (Å²) < 4.78 is 5.50. The van der Waals surface area contributed by atoms with E-state index in [2.05, 4.69) is 5.32 Å². The molecule has 0 aliphatic heterocycles. The van der Waals surface area contributed by atoms with Gasteiger partial charge >= 0.3 is 0 Å². The molecule has 1 aromatic heterocycles. The molecule has 0 atom stereocenters. The Balaban J connectivity index is 2.38. The van der Waals surface area contributed by atoms with Crippen LogP contribution in [0.5, 0.6) is 0 Å². The lowest BCUT2D eigenvalue weighted by atomic mass is 10.1. The van der Waals surface area contributed by atoms with Crippen LogP contribution in [0.4, 0.5) is 11.4 Å². The average molecular weight is 272 g/mol. The number of rotatable bonds is 2. The van der Waals surface area contributed by atoms with E-state index in [0.29, 0.717) is 17.0 Å². The third-order valence-electron chi connectivity index (χ3n) is 3.58. The molecule has 20 heavy (non-hydrogen) atoms.